The van der Waals surface area contributed by atoms with Crippen LogP contribution in [0.5, 0.6) is 11.5 Å². The number of benzene rings is 1. The highest BCUT2D eigenvalue weighted by molar-refractivity contribution is 5.47. The van der Waals surface area contributed by atoms with Crippen molar-refractivity contribution in [3.63, 3.8) is 0 Å². The van der Waals surface area contributed by atoms with E-state index in [2.05, 4.69) is 13.2 Å². The lowest BCUT2D eigenvalue weighted by atomic mass is 9.99. The van der Waals surface area contributed by atoms with Gasteiger partial charge in [0, 0.05) is 12.0 Å². The molecule has 0 amide bonds. The van der Waals surface area contributed by atoms with Crippen LogP contribution < -0.4 is 31.4 Å². The third-order valence-electron chi connectivity index (χ3n) is 5.28. The molecule has 1 aliphatic heterocycles. The SMILES string of the molecule is C=CCn1c(=O)n(CC=C)c(=O)n(C[NH+]2CCc3cc(OC)c(OC)cc3C2)c1=O. The van der Waals surface area contributed by atoms with Crippen molar-refractivity contribution in [3.05, 3.63) is 80.0 Å². The Bertz CT molecular complexity index is 1090. The largest absolute Gasteiger partial charge is 0.493 e. The highest BCUT2D eigenvalue weighted by atomic mass is 16.5. The van der Waals surface area contributed by atoms with Crippen molar-refractivity contribution < 1.29 is 14.4 Å². The highest BCUT2D eigenvalue weighted by Crippen LogP contribution is 2.31. The zero-order valence-corrected chi connectivity index (χ0v) is 17.3. The average molecular weight is 415 g/mol. The van der Waals surface area contributed by atoms with Crippen LogP contribution in [0.1, 0.15) is 11.1 Å². The molecule has 0 saturated carbocycles. The molecule has 1 unspecified atom stereocenters. The first-order valence-corrected chi connectivity index (χ1v) is 9.68. The number of nitrogens with zero attached hydrogens (tertiary/aromatic N) is 3. The molecule has 1 atom stereocenters. The van der Waals surface area contributed by atoms with Gasteiger partial charge in [-0.2, -0.15) is 4.57 Å². The van der Waals surface area contributed by atoms with E-state index < -0.39 is 17.1 Å². The number of ether oxygens (including phenoxy) is 2. The van der Waals surface area contributed by atoms with E-state index in [4.69, 9.17) is 9.47 Å². The minimum atomic E-state index is -0.656. The fourth-order valence-electron chi connectivity index (χ4n) is 3.78. The topological polar surface area (TPSA) is 88.9 Å². The number of hydrogen-bond acceptors (Lipinski definition) is 5. The molecule has 1 aromatic carbocycles. The summed E-state index contributed by atoms with van der Waals surface area (Å²) in [6.45, 7) is 8.75. The lowest BCUT2D eigenvalue weighted by Crippen LogP contribution is -3.11. The van der Waals surface area contributed by atoms with Crippen LogP contribution in [0.25, 0.3) is 0 Å². The molecule has 1 N–H and O–H groups in total. The second-order valence-corrected chi connectivity index (χ2v) is 7.14. The normalized spacial score (nSPS) is 15.3. The van der Waals surface area contributed by atoms with Crippen LogP contribution >= 0.6 is 0 Å². The number of rotatable bonds is 8. The number of methoxy groups -OCH3 is 2. The number of aromatic nitrogens is 3. The van der Waals surface area contributed by atoms with Crippen molar-refractivity contribution in [1.82, 2.24) is 13.7 Å². The molecule has 2 aromatic rings. The summed E-state index contributed by atoms with van der Waals surface area (Å²) in [6.07, 6.45) is 3.69. The summed E-state index contributed by atoms with van der Waals surface area (Å²) in [5, 5.41) is 0. The molecule has 2 heterocycles. The Hall–Kier alpha value is -3.33. The molecular formula is C21H27N4O5+. The molecule has 0 fully saturated rings. The molecular weight excluding hydrogens is 388 g/mol. The van der Waals surface area contributed by atoms with Gasteiger partial charge in [-0.15, -0.1) is 13.2 Å². The van der Waals surface area contributed by atoms with Gasteiger partial charge < -0.3 is 14.4 Å². The number of quaternary nitrogens is 1. The third-order valence-corrected chi connectivity index (χ3v) is 5.28. The zero-order valence-electron chi connectivity index (χ0n) is 17.3. The quantitative estimate of drug-likeness (QED) is 0.568. The summed E-state index contributed by atoms with van der Waals surface area (Å²) in [6, 6.07) is 3.91. The Balaban J connectivity index is 1.98. The number of hydrogen-bond donors (Lipinski definition) is 1. The summed E-state index contributed by atoms with van der Waals surface area (Å²) in [5.74, 6) is 1.32. The van der Waals surface area contributed by atoms with Crippen molar-refractivity contribution in [1.29, 1.82) is 0 Å². The fourth-order valence-corrected chi connectivity index (χ4v) is 3.78. The van der Waals surface area contributed by atoms with Gasteiger partial charge in [-0.25, -0.2) is 23.5 Å². The Morgan fingerprint density at radius 2 is 1.40 bits per heavy atom. The van der Waals surface area contributed by atoms with E-state index in [9.17, 15) is 14.4 Å². The molecule has 0 bridgehead atoms. The molecule has 30 heavy (non-hydrogen) atoms. The molecule has 0 spiro atoms. The van der Waals surface area contributed by atoms with Gasteiger partial charge in [0.05, 0.1) is 33.9 Å². The van der Waals surface area contributed by atoms with Crippen LogP contribution in [0.4, 0.5) is 0 Å². The van der Waals surface area contributed by atoms with E-state index in [1.807, 2.05) is 12.1 Å². The Morgan fingerprint density at radius 1 is 0.900 bits per heavy atom. The Morgan fingerprint density at radius 3 is 1.90 bits per heavy atom. The first kappa shape index (κ1) is 21.4. The predicted octanol–water partition coefficient (Wildman–Crippen LogP) is -0.840. The minimum absolute atomic E-state index is 0.0320. The van der Waals surface area contributed by atoms with E-state index in [1.165, 1.54) is 12.2 Å². The van der Waals surface area contributed by atoms with E-state index in [1.54, 1.807) is 14.2 Å². The van der Waals surface area contributed by atoms with Crippen molar-refractivity contribution in [2.75, 3.05) is 20.8 Å². The van der Waals surface area contributed by atoms with E-state index in [-0.39, 0.29) is 19.8 Å². The number of fused-ring (bicyclic) bond motifs is 1. The van der Waals surface area contributed by atoms with Gasteiger partial charge in [0.25, 0.3) is 0 Å². The third kappa shape index (κ3) is 3.88. The lowest BCUT2D eigenvalue weighted by Gasteiger charge is -2.27. The molecule has 1 aliphatic rings. The summed E-state index contributed by atoms with van der Waals surface area (Å²) in [7, 11) is 3.19. The molecule has 0 radical (unpaired) electrons. The van der Waals surface area contributed by atoms with Crippen molar-refractivity contribution >= 4 is 0 Å². The maximum absolute atomic E-state index is 12.8. The van der Waals surface area contributed by atoms with Gasteiger partial charge >= 0.3 is 17.1 Å². The molecule has 160 valence electrons. The first-order valence-electron chi connectivity index (χ1n) is 9.68. The second-order valence-electron chi connectivity index (χ2n) is 7.14. The number of nitrogens with one attached hydrogen (secondary N) is 1. The molecule has 9 nitrogen and oxygen atoms in total. The van der Waals surface area contributed by atoms with Gasteiger partial charge in [-0.3, -0.25) is 0 Å². The van der Waals surface area contributed by atoms with Crippen LogP contribution in [-0.4, -0.2) is 34.5 Å². The lowest BCUT2D eigenvalue weighted by molar-refractivity contribution is -0.938. The predicted molar refractivity (Wildman–Crippen MR) is 112 cm³/mol. The van der Waals surface area contributed by atoms with Crippen LogP contribution in [0, 0.1) is 0 Å². The van der Waals surface area contributed by atoms with Gasteiger partial charge in [-0.05, 0) is 17.7 Å². The smallest absolute Gasteiger partial charge is 0.341 e. The fraction of sp³-hybridized carbons (Fsp3) is 0.381. The van der Waals surface area contributed by atoms with Crippen molar-refractivity contribution in [3.8, 4) is 11.5 Å². The van der Waals surface area contributed by atoms with Gasteiger partial charge in [0.1, 0.15) is 6.54 Å². The minimum Gasteiger partial charge on any atom is -0.493 e. The standard InChI is InChI=1S/C21H26N4O5/c1-5-8-23-19(26)24(9-6-2)21(28)25(20(23)27)14-22-10-7-15-11-17(29-3)18(30-4)12-16(15)13-22/h5-6,11-12H,1-2,7-10,13-14H2,3-4H3/p+1. The molecule has 3 rings (SSSR count). The average Bonchev–Trinajstić information content (AvgIpc) is 2.76. The van der Waals surface area contributed by atoms with E-state index in [0.717, 1.165) is 42.7 Å². The zero-order chi connectivity index (χ0) is 21.8. The van der Waals surface area contributed by atoms with Gasteiger partial charge in [0.2, 0.25) is 0 Å². The monoisotopic (exact) mass is 415 g/mol. The van der Waals surface area contributed by atoms with Crippen LogP contribution in [0.2, 0.25) is 0 Å². The summed E-state index contributed by atoms with van der Waals surface area (Å²) in [5.41, 5.74) is 0.320. The summed E-state index contributed by atoms with van der Waals surface area (Å²) < 4.78 is 13.9. The summed E-state index contributed by atoms with van der Waals surface area (Å²) >= 11 is 0. The maximum atomic E-state index is 12.8. The Kier molecular flexibility index (Phi) is 6.41. The molecule has 9 heteroatoms. The Labute approximate surface area is 173 Å². The van der Waals surface area contributed by atoms with Crippen molar-refractivity contribution in [2.45, 2.75) is 32.7 Å². The van der Waals surface area contributed by atoms with E-state index in [0.29, 0.717) is 18.0 Å². The van der Waals surface area contributed by atoms with Crippen LogP contribution in [-0.2, 0) is 32.7 Å². The van der Waals surface area contributed by atoms with E-state index >= 15 is 0 Å². The molecule has 1 aromatic heterocycles. The van der Waals surface area contributed by atoms with Gasteiger partial charge in [0.15, 0.2) is 18.2 Å². The van der Waals surface area contributed by atoms with Crippen molar-refractivity contribution in [2.24, 2.45) is 0 Å². The molecule has 0 aliphatic carbocycles. The number of allylic oxidation sites excluding steroid dienone is 2. The maximum Gasteiger partial charge on any atom is 0.341 e. The highest BCUT2D eigenvalue weighted by Gasteiger charge is 2.24. The molecule has 0 saturated heterocycles. The summed E-state index contributed by atoms with van der Waals surface area (Å²) in [4.78, 5) is 39.2. The van der Waals surface area contributed by atoms with Crippen LogP contribution in [0.15, 0.2) is 51.8 Å². The first-order chi connectivity index (χ1) is 14.4. The second kappa shape index (κ2) is 9.00. The van der Waals surface area contributed by atoms with Gasteiger partial charge in [-0.1, -0.05) is 12.2 Å². The van der Waals surface area contributed by atoms with Crippen LogP contribution in [0.3, 0.4) is 0 Å².